The minimum Gasteiger partial charge on any atom is -0.450 e. The number of aliphatic imine (C=N–C) groups is 1. The number of carbonyl (C=O) groups is 1. The first-order valence-corrected chi connectivity index (χ1v) is 9.87. The normalized spacial score (nSPS) is 15.3. The summed E-state index contributed by atoms with van der Waals surface area (Å²) >= 11 is 1.67. The number of piperidine rings is 1. The van der Waals surface area contributed by atoms with Gasteiger partial charge in [0.15, 0.2) is 5.96 Å². The third kappa shape index (κ3) is 7.65. The second-order valence-electron chi connectivity index (χ2n) is 5.97. The number of guanidine groups is 1. The molecule has 1 aromatic heterocycles. The highest BCUT2D eigenvalue weighted by molar-refractivity contribution is 14.0. The first kappa shape index (κ1) is 22.9. The predicted octanol–water partition coefficient (Wildman–Crippen LogP) is 2.79. The van der Waals surface area contributed by atoms with Crippen molar-refractivity contribution in [2.45, 2.75) is 46.1 Å². The van der Waals surface area contributed by atoms with Crippen molar-refractivity contribution in [2.24, 2.45) is 4.99 Å². The largest absolute Gasteiger partial charge is 0.450 e. The third-order valence-corrected chi connectivity index (χ3v) is 4.83. The fraction of sp³-hybridized carbons (Fsp3) is 0.706. The van der Waals surface area contributed by atoms with Gasteiger partial charge in [0, 0.05) is 44.0 Å². The van der Waals surface area contributed by atoms with Gasteiger partial charge in [-0.15, -0.1) is 35.3 Å². The lowest BCUT2D eigenvalue weighted by Gasteiger charge is -2.32. The topological polar surface area (TPSA) is 78.9 Å². The maximum atomic E-state index is 11.7. The van der Waals surface area contributed by atoms with Gasteiger partial charge < -0.3 is 20.3 Å². The number of thiazole rings is 1. The Labute approximate surface area is 177 Å². The summed E-state index contributed by atoms with van der Waals surface area (Å²) in [6.45, 7) is 9.30. The number of hydrogen-bond acceptors (Lipinski definition) is 5. The average Bonchev–Trinajstić information content (AvgIpc) is 3.01. The van der Waals surface area contributed by atoms with Crippen LogP contribution in [0.25, 0.3) is 0 Å². The Kier molecular flexibility index (Phi) is 10.9. The minimum absolute atomic E-state index is 0. The summed E-state index contributed by atoms with van der Waals surface area (Å²) in [5, 5.41) is 9.96. The highest BCUT2D eigenvalue weighted by Gasteiger charge is 2.23. The quantitative estimate of drug-likeness (QED) is 0.361. The molecule has 148 valence electrons. The number of aromatic nitrogens is 1. The molecule has 0 bridgehead atoms. The maximum Gasteiger partial charge on any atom is 0.409 e. The van der Waals surface area contributed by atoms with E-state index in [0.29, 0.717) is 32.3 Å². The van der Waals surface area contributed by atoms with E-state index in [1.165, 1.54) is 0 Å². The van der Waals surface area contributed by atoms with Gasteiger partial charge in [-0.25, -0.2) is 9.78 Å². The molecule has 0 unspecified atom stereocenters. The Morgan fingerprint density at radius 1 is 1.42 bits per heavy atom. The van der Waals surface area contributed by atoms with Gasteiger partial charge in [0.25, 0.3) is 0 Å². The Bertz CT molecular complexity index is 573. The minimum atomic E-state index is -0.208. The molecule has 0 saturated carbocycles. The zero-order valence-corrected chi connectivity index (χ0v) is 18.9. The fourth-order valence-electron chi connectivity index (χ4n) is 2.74. The van der Waals surface area contributed by atoms with Crippen LogP contribution in [-0.4, -0.2) is 60.8 Å². The summed E-state index contributed by atoms with van der Waals surface area (Å²) in [5.74, 6) is 0.837. The van der Waals surface area contributed by atoms with Gasteiger partial charge >= 0.3 is 6.09 Å². The number of ether oxygens (including phenoxy) is 1. The molecule has 0 atom stereocenters. The first-order valence-electron chi connectivity index (χ1n) is 9.00. The number of halogens is 1. The molecule has 2 heterocycles. The Balaban J connectivity index is 0.00000338. The molecule has 0 radical (unpaired) electrons. The summed E-state index contributed by atoms with van der Waals surface area (Å²) < 4.78 is 5.06. The molecule has 7 nitrogen and oxygen atoms in total. The monoisotopic (exact) mass is 495 g/mol. The Morgan fingerprint density at radius 3 is 2.73 bits per heavy atom. The molecular weight excluding hydrogens is 465 g/mol. The smallest absolute Gasteiger partial charge is 0.409 e. The predicted molar refractivity (Wildman–Crippen MR) is 117 cm³/mol. The Hall–Kier alpha value is -1.10. The summed E-state index contributed by atoms with van der Waals surface area (Å²) in [5.41, 5.74) is 1.10. The second-order valence-corrected chi connectivity index (χ2v) is 7.04. The summed E-state index contributed by atoms with van der Waals surface area (Å²) in [6, 6.07) is 0.324. The molecule has 1 aliphatic rings. The molecule has 1 aliphatic heterocycles. The molecule has 1 aromatic rings. The van der Waals surface area contributed by atoms with Crippen molar-refractivity contribution < 1.29 is 9.53 Å². The van der Waals surface area contributed by atoms with Crippen molar-refractivity contribution >= 4 is 47.4 Å². The van der Waals surface area contributed by atoms with E-state index in [4.69, 9.17) is 4.74 Å². The average molecular weight is 495 g/mol. The molecule has 1 saturated heterocycles. The van der Waals surface area contributed by atoms with Crippen LogP contribution in [0.2, 0.25) is 0 Å². The van der Waals surface area contributed by atoms with E-state index in [9.17, 15) is 4.79 Å². The van der Waals surface area contributed by atoms with Gasteiger partial charge in [0.2, 0.25) is 0 Å². The third-order valence-electron chi connectivity index (χ3n) is 4.01. The summed E-state index contributed by atoms with van der Waals surface area (Å²) in [4.78, 5) is 22.6. The van der Waals surface area contributed by atoms with Gasteiger partial charge in [-0.3, -0.25) is 4.99 Å². The van der Waals surface area contributed by atoms with Crippen LogP contribution in [0.1, 0.15) is 37.4 Å². The first-order chi connectivity index (χ1) is 12.1. The second kappa shape index (κ2) is 12.3. The highest BCUT2D eigenvalue weighted by Crippen LogP contribution is 2.12. The van der Waals surface area contributed by atoms with Gasteiger partial charge in [-0.2, -0.15) is 0 Å². The zero-order valence-electron chi connectivity index (χ0n) is 15.8. The van der Waals surface area contributed by atoms with E-state index >= 15 is 0 Å². The number of nitrogens with one attached hydrogen (secondary N) is 2. The standard InChI is InChI=1S/C17H29N5O2S.HI/c1-4-18-16(19-9-6-15-12-25-13(3)20-15)21-14-7-10-22(11-8-14)17(23)24-5-2;/h12,14H,4-11H2,1-3H3,(H2,18,19,21);1H. The molecule has 2 N–H and O–H groups in total. The number of aryl methyl sites for hydroxylation is 1. The molecule has 1 amide bonds. The molecule has 1 fully saturated rings. The van der Waals surface area contributed by atoms with Crippen LogP contribution in [0.5, 0.6) is 0 Å². The molecule has 0 aliphatic carbocycles. The molecule has 0 spiro atoms. The van der Waals surface area contributed by atoms with Crippen LogP contribution in [0.4, 0.5) is 4.79 Å². The van der Waals surface area contributed by atoms with Gasteiger partial charge in [0.1, 0.15) is 0 Å². The lowest BCUT2D eigenvalue weighted by molar-refractivity contribution is 0.0963. The van der Waals surface area contributed by atoms with E-state index in [0.717, 1.165) is 42.5 Å². The number of rotatable bonds is 6. The Morgan fingerprint density at radius 2 is 2.15 bits per heavy atom. The lowest BCUT2D eigenvalue weighted by Crippen LogP contribution is -2.50. The van der Waals surface area contributed by atoms with Crippen LogP contribution in [-0.2, 0) is 11.2 Å². The van der Waals surface area contributed by atoms with Crippen molar-refractivity contribution in [3.05, 3.63) is 16.1 Å². The number of amides is 1. The van der Waals surface area contributed by atoms with Crippen LogP contribution in [0.15, 0.2) is 10.4 Å². The highest BCUT2D eigenvalue weighted by atomic mass is 127. The van der Waals surface area contributed by atoms with Gasteiger partial charge in [-0.1, -0.05) is 0 Å². The van der Waals surface area contributed by atoms with E-state index in [1.807, 2.05) is 13.8 Å². The fourth-order valence-corrected chi connectivity index (χ4v) is 3.39. The SMILES string of the molecule is CCNC(=NCCc1csc(C)n1)NC1CCN(C(=O)OCC)CC1.I. The van der Waals surface area contributed by atoms with Crippen LogP contribution >= 0.6 is 35.3 Å². The van der Waals surface area contributed by atoms with Crippen molar-refractivity contribution in [1.82, 2.24) is 20.5 Å². The molecular formula is C17H30IN5O2S. The van der Waals surface area contributed by atoms with Crippen molar-refractivity contribution in [2.75, 3.05) is 32.8 Å². The van der Waals surface area contributed by atoms with E-state index in [2.05, 4.69) is 32.9 Å². The van der Waals surface area contributed by atoms with Gasteiger partial charge in [-0.05, 0) is 33.6 Å². The number of likely N-dealkylation sites (tertiary alicyclic amines) is 1. The molecule has 0 aromatic carbocycles. The van der Waals surface area contributed by atoms with Crippen LogP contribution < -0.4 is 10.6 Å². The van der Waals surface area contributed by atoms with Gasteiger partial charge in [0.05, 0.1) is 17.3 Å². The molecule has 26 heavy (non-hydrogen) atoms. The van der Waals surface area contributed by atoms with E-state index < -0.39 is 0 Å². The lowest BCUT2D eigenvalue weighted by atomic mass is 10.1. The molecule has 2 rings (SSSR count). The summed E-state index contributed by atoms with van der Waals surface area (Å²) in [6.07, 6.45) is 2.44. The van der Waals surface area contributed by atoms with E-state index in [-0.39, 0.29) is 30.1 Å². The number of hydrogen-bond donors (Lipinski definition) is 2. The maximum absolute atomic E-state index is 11.7. The van der Waals surface area contributed by atoms with E-state index in [1.54, 1.807) is 16.2 Å². The summed E-state index contributed by atoms with van der Waals surface area (Å²) in [7, 11) is 0. The molecule has 9 heteroatoms. The van der Waals surface area contributed by atoms with Crippen LogP contribution in [0, 0.1) is 6.92 Å². The van der Waals surface area contributed by atoms with Crippen LogP contribution in [0.3, 0.4) is 0 Å². The van der Waals surface area contributed by atoms with Crippen molar-refractivity contribution in [3.8, 4) is 0 Å². The van der Waals surface area contributed by atoms with Crippen molar-refractivity contribution in [1.29, 1.82) is 0 Å². The zero-order chi connectivity index (χ0) is 18.1. The number of nitrogens with zero attached hydrogens (tertiary/aromatic N) is 3. The van der Waals surface area contributed by atoms with Crippen molar-refractivity contribution in [3.63, 3.8) is 0 Å². The number of carbonyl (C=O) groups excluding carboxylic acids is 1.